The van der Waals surface area contributed by atoms with Crippen molar-refractivity contribution in [3.8, 4) is 0 Å². The molecule has 7 heteroatoms. The Hall–Kier alpha value is -1.89. The highest BCUT2D eigenvalue weighted by atomic mass is 16.5. The van der Waals surface area contributed by atoms with Crippen LogP contribution in [0.2, 0.25) is 0 Å². The van der Waals surface area contributed by atoms with Crippen molar-refractivity contribution in [2.24, 2.45) is 11.8 Å². The van der Waals surface area contributed by atoms with Gasteiger partial charge in [0, 0.05) is 37.7 Å². The number of amides is 1. The number of rotatable bonds is 6. The van der Waals surface area contributed by atoms with E-state index in [-0.39, 0.29) is 17.9 Å². The normalized spacial score (nSPS) is 26.2. The van der Waals surface area contributed by atoms with E-state index in [1.165, 1.54) is 0 Å². The number of carboxylic acids is 1. The van der Waals surface area contributed by atoms with Gasteiger partial charge < -0.3 is 19.8 Å². The quantitative estimate of drug-likeness (QED) is 0.820. The minimum Gasteiger partial charge on any atom is -0.481 e. The van der Waals surface area contributed by atoms with Crippen LogP contribution >= 0.6 is 0 Å². The van der Waals surface area contributed by atoms with Crippen molar-refractivity contribution in [3.63, 3.8) is 0 Å². The van der Waals surface area contributed by atoms with Crippen LogP contribution < -0.4 is 5.32 Å². The first-order chi connectivity index (χ1) is 10.9. The van der Waals surface area contributed by atoms with E-state index in [1.807, 2.05) is 0 Å². The Morgan fingerprint density at radius 1 is 1.48 bits per heavy atom. The fourth-order valence-electron chi connectivity index (χ4n) is 3.07. The molecule has 3 unspecified atom stereocenters. The molecule has 2 N–H and O–H groups in total. The van der Waals surface area contributed by atoms with Crippen molar-refractivity contribution < 1.29 is 19.2 Å². The number of likely N-dealkylation sites (tertiary alicyclic amines) is 1. The molecule has 7 nitrogen and oxygen atoms in total. The molecule has 0 bridgehead atoms. The van der Waals surface area contributed by atoms with Gasteiger partial charge in [-0.05, 0) is 18.8 Å². The summed E-state index contributed by atoms with van der Waals surface area (Å²) in [5.41, 5.74) is 0.330. The average molecular weight is 321 g/mol. The lowest BCUT2D eigenvalue weighted by Gasteiger charge is -2.18. The molecule has 1 saturated carbocycles. The van der Waals surface area contributed by atoms with E-state index in [0.717, 1.165) is 25.1 Å². The fraction of sp³-hybridized carbons (Fsp3) is 0.688. The van der Waals surface area contributed by atoms with Crippen molar-refractivity contribution in [2.45, 2.75) is 38.6 Å². The van der Waals surface area contributed by atoms with Gasteiger partial charge in [-0.2, -0.15) is 0 Å². The zero-order chi connectivity index (χ0) is 16.6. The van der Waals surface area contributed by atoms with E-state index in [1.54, 1.807) is 13.0 Å². The second-order valence-electron chi connectivity index (χ2n) is 6.90. The summed E-state index contributed by atoms with van der Waals surface area (Å²) in [7, 11) is 0. The summed E-state index contributed by atoms with van der Waals surface area (Å²) < 4.78 is 5.21. The first-order valence-corrected chi connectivity index (χ1v) is 8.16. The molecule has 126 valence electrons. The van der Waals surface area contributed by atoms with Crippen LogP contribution in [0.4, 0.5) is 0 Å². The molecule has 1 saturated heterocycles. The number of aromatic nitrogens is 1. The third kappa shape index (κ3) is 3.72. The van der Waals surface area contributed by atoms with Crippen molar-refractivity contribution in [3.05, 3.63) is 17.5 Å². The molecule has 2 aliphatic rings. The molecule has 1 aliphatic heterocycles. The maximum absolute atomic E-state index is 12.3. The molecular weight excluding hydrogens is 298 g/mol. The zero-order valence-corrected chi connectivity index (χ0v) is 13.5. The third-order valence-corrected chi connectivity index (χ3v) is 4.70. The smallest absolute Gasteiger partial charge is 0.307 e. The van der Waals surface area contributed by atoms with Crippen LogP contribution in [0, 0.1) is 11.8 Å². The predicted octanol–water partition coefficient (Wildman–Crippen LogP) is 1.32. The maximum atomic E-state index is 12.3. The zero-order valence-electron chi connectivity index (χ0n) is 13.5. The Morgan fingerprint density at radius 2 is 2.22 bits per heavy atom. The Morgan fingerprint density at radius 3 is 2.87 bits per heavy atom. The molecule has 1 aromatic rings. The second-order valence-corrected chi connectivity index (χ2v) is 6.90. The van der Waals surface area contributed by atoms with E-state index in [9.17, 15) is 9.59 Å². The second kappa shape index (κ2) is 6.31. The van der Waals surface area contributed by atoms with Gasteiger partial charge in [-0.25, -0.2) is 0 Å². The molecule has 23 heavy (non-hydrogen) atoms. The Labute approximate surface area is 135 Å². The number of carbonyl (C=O) groups excluding carboxylic acids is 1. The van der Waals surface area contributed by atoms with Crippen LogP contribution in [0.25, 0.3) is 0 Å². The van der Waals surface area contributed by atoms with Crippen LogP contribution in [0.15, 0.2) is 10.6 Å². The van der Waals surface area contributed by atoms with Crippen molar-refractivity contribution in [2.75, 3.05) is 19.6 Å². The van der Waals surface area contributed by atoms with Gasteiger partial charge in [-0.1, -0.05) is 19.0 Å². The van der Waals surface area contributed by atoms with E-state index in [0.29, 0.717) is 24.7 Å². The third-order valence-electron chi connectivity index (χ3n) is 4.70. The van der Waals surface area contributed by atoms with Crippen molar-refractivity contribution in [1.29, 1.82) is 0 Å². The largest absolute Gasteiger partial charge is 0.481 e. The van der Waals surface area contributed by atoms with Gasteiger partial charge in [0.05, 0.1) is 5.92 Å². The van der Waals surface area contributed by atoms with E-state index in [4.69, 9.17) is 9.63 Å². The first-order valence-electron chi connectivity index (χ1n) is 8.16. The van der Waals surface area contributed by atoms with E-state index in [2.05, 4.69) is 22.3 Å². The lowest BCUT2D eigenvalue weighted by atomic mass is 10.1. The van der Waals surface area contributed by atoms with E-state index < -0.39 is 11.9 Å². The summed E-state index contributed by atoms with van der Waals surface area (Å²) in [6.07, 6.45) is 2.21. The average Bonchev–Trinajstić information content (AvgIpc) is 3.12. The Bertz CT molecular complexity index is 596. The first kappa shape index (κ1) is 16.0. The van der Waals surface area contributed by atoms with Crippen LogP contribution in [-0.2, 0) is 4.79 Å². The van der Waals surface area contributed by atoms with Crippen molar-refractivity contribution >= 4 is 11.9 Å². The SMILES string of the molecule is CC(CN1CC(C)C(NC(=O)c2cc(C3CC3)on2)C1)C(=O)O. The highest BCUT2D eigenvalue weighted by Crippen LogP contribution is 2.40. The standard InChI is InChI=1S/C16H23N3O4/c1-9-6-19(7-10(2)16(21)22)8-13(9)17-15(20)12-5-14(23-18-12)11-3-4-11/h5,9-11,13H,3-4,6-8H2,1-2H3,(H,17,20)(H,21,22). The van der Waals surface area contributed by atoms with Crippen molar-refractivity contribution in [1.82, 2.24) is 15.4 Å². The molecule has 0 spiro atoms. The summed E-state index contributed by atoms with van der Waals surface area (Å²) in [5, 5.41) is 15.9. The van der Waals surface area contributed by atoms with E-state index >= 15 is 0 Å². The Kier molecular flexibility index (Phi) is 4.39. The van der Waals surface area contributed by atoms with Gasteiger partial charge in [0.1, 0.15) is 5.76 Å². The van der Waals surface area contributed by atoms with Gasteiger partial charge in [-0.15, -0.1) is 0 Å². The topological polar surface area (TPSA) is 95.7 Å². The molecule has 0 aromatic carbocycles. The number of hydrogen-bond donors (Lipinski definition) is 2. The molecule has 3 atom stereocenters. The molecule has 3 rings (SSSR count). The monoisotopic (exact) mass is 321 g/mol. The highest BCUT2D eigenvalue weighted by molar-refractivity contribution is 5.92. The lowest BCUT2D eigenvalue weighted by Crippen LogP contribution is -2.40. The summed E-state index contributed by atoms with van der Waals surface area (Å²) in [6.45, 7) is 5.72. The van der Waals surface area contributed by atoms with Crippen LogP contribution in [0.5, 0.6) is 0 Å². The fourth-order valence-corrected chi connectivity index (χ4v) is 3.07. The maximum Gasteiger partial charge on any atom is 0.307 e. The number of hydrogen-bond acceptors (Lipinski definition) is 5. The van der Waals surface area contributed by atoms with Crippen LogP contribution in [0.3, 0.4) is 0 Å². The van der Waals surface area contributed by atoms with Gasteiger partial charge in [0.25, 0.3) is 5.91 Å². The number of carboxylic acid groups (broad SMARTS) is 1. The highest BCUT2D eigenvalue weighted by Gasteiger charge is 2.33. The molecule has 2 heterocycles. The summed E-state index contributed by atoms with van der Waals surface area (Å²) in [4.78, 5) is 25.3. The van der Waals surface area contributed by atoms with Gasteiger partial charge >= 0.3 is 5.97 Å². The summed E-state index contributed by atoms with van der Waals surface area (Å²) in [5.74, 6) is 0.0861. The molecule has 1 aromatic heterocycles. The molecule has 0 radical (unpaired) electrons. The molecule has 1 aliphatic carbocycles. The number of aliphatic carboxylic acids is 1. The summed E-state index contributed by atoms with van der Waals surface area (Å²) in [6, 6.07) is 1.74. The molecular formula is C16H23N3O4. The minimum absolute atomic E-state index is 0.00423. The minimum atomic E-state index is -0.791. The predicted molar refractivity (Wildman–Crippen MR) is 82.1 cm³/mol. The van der Waals surface area contributed by atoms with Gasteiger partial charge in [0.2, 0.25) is 0 Å². The van der Waals surface area contributed by atoms with Crippen LogP contribution in [0.1, 0.15) is 48.9 Å². The number of carbonyl (C=O) groups is 2. The summed E-state index contributed by atoms with van der Waals surface area (Å²) >= 11 is 0. The number of nitrogens with one attached hydrogen (secondary N) is 1. The Balaban J connectivity index is 1.54. The van der Waals surface area contributed by atoms with Gasteiger partial charge in [0.15, 0.2) is 5.69 Å². The van der Waals surface area contributed by atoms with Crippen LogP contribution in [-0.4, -0.2) is 52.7 Å². The van der Waals surface area contributed by atoms with Gasteiger partial charge in [-0.3, -0.25) is 9.59 Å². The molecule has 1 amide bonds. The lowest BCUT2D eigenvalue weighted by molar-refractivity contribution is -0.141. The number of nitrogens with zero attached hydrogens (tertiary/aromatic N) is 2. The molecule has 2 fully saturated rings.